The van der Waals surface area contributed by atoms with Gasteiger partial charge in [0.1, 0.15) is 11.3 Å². The Morgan fingerprint density at radius 1 is 1.40 bits per heavy atom. The van der Waals surface area contributed by atoms with E-state index in [0.717, 1.165) is 16.6 Å². The van der Waals surface area contributed by atoms with Crippen molar-refractivity contribution in [2.75, 3.05) is 0 Å². The maximum Gasteiger partial charge on any atom is 0.149 e. The maximum absolute atomic E-state index is 13.4. The van der Waals surface area contributed by atoms with Gasteiger partial charge in [-0.15, -0.1) is 24.0 Å². The molecule has 0 aliphatic carbocycles. The molecule has 1 aromatic heterocycles. The lowest BCUT2D eigenvalue weighted by Gasteiger charge is -2.05. The third-order valence-electron chi connectivity index (χ3n) is 2.15. The van der Waals surface area contributed by atoms with Crippen LogP contribution >= 0.6 is 24.0 Å². The van der Waals surface area contributed by atoms with Crippen molar-refractivity contribution in [3.63, 3.8) is 0 Å². The number of fused-ring (bicyclic) bond motifs is 1. The van der Waals surface area contributed by atoms with Gasteiger partial charge >= 0.3 is 0 Å². The van der Waals surface area contributed by atoms with Crippen LogP contribution in [0.3, 0.4) is 0 Å². The Balaban J connectivity index is 0.00000112. The molecule has 0 aliphatic heterocycles. The van der Waals surface area contributed by atoms with Crippen LogP contribution in [0, 0.1) is 12.7 Å². The molecule has 0 fully saturated rings. The minimum atomic E-state index is -0.294. The average molecular weight is 246 g/mol. The van der Waals surface area contributed by atoms with Crippen molar-refractivity contribution in [1.82, 2.24) is 4.98 Å². The fraction of sp³-hybridized carbons (Fsp3) is 0.182. The van der Waals surface area contributed by atoms with Crippen molar-refractivity contribution in [2.24, 2.45) is 0 Å². The van der Waals surface area contributed by atoms with E-state index in [1.165, 1.54) is 6.07 Å². The van der Waals surface area contributed by atoms with E-state index in [2.05, 4.69) is 4.98 Å². The number of rotatable bonds is 1. The first kappa shape index (κ1) is 12.2. The highest BCUT2D eigenvalue weighted by atomic mass is 35.5. The fourth-order valence-corrected chi connectivity index (χ4v) is 1.76. The summed E-state index contributed by atoms with van der Waals surface area (Å²) in [7, 11) is 0. The molecule has 1 aromatic carbocycles. The molecule has 1 nitrogen and oxygen atoms in total. The van der Waals surface area contributed by atoms with E-state index < -0.39 is 0 Å². The second-order valence-electron chi connectivity index (χ2n) is 3.19. The van der Waals surface area contributed by atoms with E-state index >= 15 is 0 Å². The summed E-state index contributed by atoms with van der Waals surface area (Å²) in [6.07, 6.45) is 0. The molecule has 0 saturated heterocycles. The lowest BCUT2D eigenvalue weighted by molar-refractivity contribution is 0.636. The van der Waals surface area contributed by atoms with Crippen LogP contribution in [-0.4, -0.2) is 4.98 Å². The Morgan fingerprint density at radius 3 is 2.80 bits per heavy atom. The maximum atomic E-state index is 13.4. The third-order valence-corrected chi connectivity index (χ3v) is 2.44. The molecule has 0 N–H and O–H groups in total. The van der Waals surface area contributed by atoms with Crippen molar-refractivity contribution in [1.29, 1.82) is 0 Å². The van der Waals surface area contributed by atoms with Crippen LogP contribution in [0.2, 0.25) is 0 Å². The topological polar surface area (TPSA) is 12.9 Å². The van der Waals surface area contributed by atoms with E-state index in [-0.39, 0.29) is 18.2 Å². The number of halogens is 3. The lowest BCUT2D eigenvalue weighted by Crippen LogP contribution is -1.92. The standard InChI is InChI=1S/C11H9ClFN.ClH/c1-7-5-8(6-12)9-3-2-4-10(13)11(9)14-7;/h2-5H,6H2,1H3;1H. The summed E-state index contributed by atoms with van der Waals surface area (Å²) in [5, 5.41) is 0.797. The first-order valence-electron chi connectivity index (χ1n) is 4.33. The first-order valence-corrected chi connectivity index (χ1v) is 4.86. The summed E-state index contributed by atoms with van der Waals surface area (Å²) in [4.78, 5) is 4.15. The summed E-state index contributed by atoms with van der Waals surface area (Å²) >= 11 is 5.78. The predicted molar refractivity (Wildman–Crippen MR) is 63.2 cm³/mol. The van der Waals surface area contributed by atoms with Gasteiger partial charge in [0, 0.05) is 17.0 Å². The fourth-order valence-electron chi connectivity index (χ4n) is 1.54. The van der Waals surface area contributed by atoms with Crippen LogP contribution in [0.4, 0.5) is 4.39 Å². The van der Waals surface area contributed by atoms with Crippen molar-refractivity contribution >= 4 is 34.9 Å². The summed E-state index contributed by atoms with van der Waals surface area (Å²) in [6.45, 7) is 1.84. The quantitative estimate of drug-likeness (QED) is 0.696. The number of pyridine rings is 1. The molecule has 2 aromatic rings. The van der Waals surface area contributed by atoms with Crippen molar-refractivity contribution in [3.05, 3.63) is 41.3 Å². The van der Waals surface area contributed by atoms with Gasteiger partial charge in [-0.25, -0.2) is 4.39 Å². The molecule has 0 spiro atoms. The van der Waals surface area contributed by atoms with E-state index in [4.69, 9.17) is 11.6 Å². The Hall–Kier alpha value is -0.860. The van der Waals surface area contributed by atoms with Gasteiger partial charge in [0.15, 0.2) is 0 Å². The summed E-state index contributed by atoms with van der Waals surface area (Å²) in [5.41, 5.74) is 2.12. The Labute approximate surface area is 98.7 Å². The Kier molecular flexibility index (Phi) is 3.89. The number of aromatic nitrogens is 1. The minimum absolute atomic E-state index is 0. The highest BCUT2D eigenvalue weighted by Crippen LogP contribution is 2.21. The zero-order valence-corrected chi connectivity index (χ0v) is 9.70. The van der Waals surface area contributed by atoms with Gasteiger partial charge in [0.25, 0.3) is 0 Å². The van der Waals surface area contributed by atoms with Gasteiger partial charge < -0.3 is 0 Å². The SMILES string of the molecule is Cc1cc(CCl)c2cccc(F)c2n1.Cl. The van der Waals surface area contributed by atoms with Gasteiger partial charge in [-0.1, -0.05) is 12.1 Å². The van der Waals surface area contributed by atoms with Crippen LogP contribution < -0.4 is 0 Å². The number of benzene rings is 1. The second-order valence-corrected chi connectivity index (χ2v) is 3.46. The number of nitrogens with zero attached hydrogens (tertiary/aromatic N) is 1. The predicted octanol–water partition coefficient (Wildman–Crippen LogP) is 3.84. The molecule has 0 amide bonds. The molecule has 0 saturated carbocycles. The molecule has 2 rings (SSSR count). The molecular weight excluding hydrogens is 236 g/mol. The highest BCUT2D eigenvalue weighted by molar-refractivity contribution is 6.18. The van der Waals surface area contributed by atoms with Crippen molar-refractivity contribution < 1.29 is 4.39 Å². The molecule has 0 radical (unpaired) electrons. The lowest BCUT2D eigenvalue weighted by atomic mass is 10.1. The monoisotopic (exact) mass is 245 g/mol. The molecule has 0 unspecified atom stereocenters. The van der Waals surface area contributed by atoms with E-state index in [1.54, 1.807) is 6.07 Å². The summed E-state index contributed by atoms with van der Waals surface area (Å²) in [6, 6.07) is 6.80. The Bertz CT molecular complexity index is 485. The van der Waals surface area contributed by atoms with E-state index in [9.17, 15) is 4.39 Å². The molecular formula is C11H10Cl2FN. The van der Waals surface area contributed by atoms with Gasteiger partial charge in [-0.3, -0.25) is 4.98 Å². The molecule has 0 bridgehead atoms. The number of hydrogen-bond acceptors (Lipinski definition) is 1. The van der Waals surface area contributed by atoms with Gasteiger partial charge in [0.05, 0.1) is 0 Å². The largest absolute Gasteiger partial charge is 0.250 e. The number of para-hydroxylation sites is 1. The van der Waals surface area contributed by atoms with Crippen LogP contribution in [0.5, 0.6) is 0 Å². The zero-order valence-electron chi connectivity index (χ0n) is 8.13. The molecule has 1 heterocycles. The van der Waals surface area contributed by atoms with Gasteiger partial charge in [0.2, 0.25) is 0 Å². The van der Waals surface area contributed by atoms with Gasteiger partial charge in [-0.05, 0) is 24.6 Å². The van der Waals surface area contributed by atoms with Crippen molar-refractivity contribution in [3.8, 4) is 0 Å². The molecule has 4 heteroatoms. The minimum Gasteiger partial charge on any atom is -0.250 e. The molecule has 0 atom stereocenters. The number of alkyl halides is 1. The van der Waals surface area contributed by atoms with Crippen LogP contribution in [0.25, 0.3) is 10.9 Å². The second kappa shape index (κ2) is 4.77. The highest BCUT2D eigenvalue weighted by Gasteiger charge is 2.06. The van der Waals surface area contributed by atoms with E-state index in [1.807, 2.05) is 19.1 Å². The van der Waals surface area contributed by atoms with Crippen LogP contribution in [0.15, 0.2) is 24.3 Å². The summed E-state index contributed by atoms with van der Waals surface area (Å²) in [5.74, 6) is 0.0844. The smallest absolute Gasteiger partial charge is 0.149 e. The van der Waals surface area contributed by atoms with Crippen molar-refractivity contribution in [2.45, 2.75) is 12.8 Å². The molecule has 0 aliphatic rings. The van der Waals surface area contributed by atoms with Crippen LogP contribution in [-0.2, 0) is 5.88 Å². The zero-order chi connectivity index (χ0) is 10.1. The summed E-state index contributed by atoms with van der Waals surface area (Å²) < 4.78 is 13.4. The third kappa shape index (κ3) is 2.21. The molecule has 15 heavy (non-hydrogen) atoms. The van der Waals surface area contributed by atoms with E-state index in [0.29, 0.717) is 11.4 Å². The Morgan fingerprint density at radius 2 is 2.13 bits per heavy atom. The van der Waals surface area contributed by atoms with Gasteiger partial charge in [-0.2, -0.15) is 0 Å². The first-order chi connectivity index (χ1) is 6.72. The molecule has 80 valence electrons. The number of aryl methyl sites for hydroxylation is 1. The number of hydrogen-bond donors (Lipinski definition) is 0. The van der Waals surface area contributed by atoms with Crippen LogP contribution in [0.1, 0.15) is 11.3 Å². The average Bonchev–Trinajstić information content (AvgIpc) is 2.18. The normalized spacial score (nSPS) is 10.1.